The van der Waals surface area contributed by atoms with Crippen molar-refractivity contribution in [3.05, 3.63) is 35.4 Å². The standard InChI is InChI=1S/C23H31F3N4O5.C4H10/c1-14(2)11-16(12-19(31)29-35)21(33)27-13-20(32)30-9-7-18(8-10-30)28-22(34)15-3-5-17(6-4-15)23(24,25)26;1-4(2)3/h3-6,14,16,18,35H,7-13H2,1-2H3,(H,27,33)(H,28,34)(H,29,31);4H,1-3H3. The smallest absolute Gasteiger partial charge is 0.349 e. The number of amides is 4. The number of alkyl halides is 3. The average Bonchev–Trinajstić information content (AvgIpc) is 2.86. The van der Waals surface area contributed by atoms with Crippen LogP contribution in [0.3, 0.4) is 0 Å². The fourth-order valence-electron chi connectivity index (χ4n) is 3.89. The van der Waals surface area contributed by atoms with Crippen molar-refractivity contribution in [3.63, 3.8) is 0 Å². The zero-order chi connectivity index (χ0) is 29.8. The van der Waals surface area contributed by atoms with Gasteiger partial charge in [0.2, 0.25) is 17.7 Å². The van der Waals surface area contributed by atoms with Crippen LogP contribution in [-0.4, -0.2) is 59.4 Å². The molecule has 2 rings (SSSR count). The van der Waals surface area contributed by atoms with E-state index in [1.807, 2.05) is 13.8 Å². The molecule has 4 N–H and O–H groups in total. The van der Waals surface area contributed by atoms with Crippen molar-refractivity contribution < 1.29 is 37.6 Å². The Morgan fingerprint density at radius 3 is 2.00 bits per heavy atom. The van der Waals surface area contributed by atoms with Crippen molar-refractivity contribution in [2.24, 2.45) is 17.8 Å². The van der Waals surface area contributed by atoms with Crippen LogP contribution in [0.1, 0.15) is 76.2 Å². The quantitative estimate of drug-likeness (QED) is 0.271. The Morgan fingerprint density at radius 1 is 1.00 bits per heavy atom. The van der Waals surface area contributed by atoms with Crippen LogP contribution < -0.4 is 16.1 Å². The molecule has 1 unspecified atom stereocenters. The van der Waals surface area contributed by atoms with Crippen molar-refractivity contribution in [2.45, 2.75) is 72.5 Å². The number of hydrogen-bond acceptors (Lipinski definition) is 5. The zero-order valence-electron chi connectivity index (χ0n) is 23.2. The molecule has 9 nitrogen and oxygen atoms in total. The number of hydrogen-bond donors (Lipinski definition) is 4. The number of halogens is 3. The third-order valence-electron chi connectivity index (χ3n) is 5.75. The van der Waals surface area contributed by atoms with Gasteiger partial charge in [-0.3, -0.25) is 24.4 Å². The number of carbonyl (C=O) groups excluding carboxylic acids is 4. The predicted octanol–water partition coefficient (Wildman–Crippen LogP) is 3.76. The number of benzene rings is 1. The molecule has 0 bridgehead atoms. The lowest BCUT2D eigenvalue weighted by Crippen LogP contribution is -2.49. The lowest BCUT2D eigenvalue weighted by Gasteiger charge is -2.32. The van der Waals surface area contributed by atoms with Gasteiger partial charge in [-0.25, -0.2) is 5.48 Å². The van der Waals surface area contributed by atoms with Gasteiger partial charge < -0.3 is 15.5 Å². The highest BCUT2D eigenvalue weighted by molar-refractivity contribution is 5.94. The van der Waals surface area contributed by atoms with Crippen molar-refractivity contribution in [1.82, 2.24) is 21.0 Å². The summed E-state index contributed by atoms with van der Waals surface area (Å²) in [6.45, 7) is 10.7. The van der Waals surface area contributed by atoms with E-state index in [4.69, 9.17) is 5.21 Å². The van der Waals surface area contributed by atoms with Crippen LogP contribution in [0.25, 0.3) is 0 Å². The minimum atomic E-state index is -4.47. The second-order valence-electron chi connectivity index (χ2n) is 10.7. The highest BCUT2D eigenvalue weighted by Gasteiger charge is 2.31. The first kappa shape index (κ1) is 33.9. The summed E-state index contributed by atoms with van der Waals surface area (Å²) in [7, 11) is 0. The van der Waals surface area contributed by atoms with Gasteiger partial charge in [-0.1, -0.05) is 34.6 Å². The van der Waals surface area contributed by atoms with E-state index in [0.717, 1.165) is 30.2 Å². The van der Waals surface area contributed by atoms with Gasteiger partial charge in [-0.05, 0) is 55.4 Å². The van der Waals surface area contributed by atoms with E-state index in [1.54, 1.807) is 4.90 Å². The van der Waals surface area contributed by atoms with Gasteiger partial charge in [0.25, 0.3) is 5.91 Å². The number of carbonyl (C=O) groups is 4. The number of nitrogens with zero attached hydrogens (tertiary/aromatic N) is 1. The minimum absolute atomic E-state index is 0.116. The molecule has 1 atom stereocenters. The van der Waals surface area contributed by atoms with Crippen LogP contribution >= 0.6 is 0 Å². The minimum Gasteiger partial charge on any atom is -0.349 e. The van der Waals surface area contributed by atoms with Crippen molar-refractivity contribution >= 4 is 23.6 Å². The second-order valence-corrected chi connectivity index (χ2v) is 10.7. The molecule has 0 radical (unpaired) electrons. The molecule has 4 amide bonds. The first-order chi connectivity index (χ1) is 18.1. The van der Waals surface area contributed by atoms with E-state index >= 15 is 0 Å². The average molecular weight is 559 g/mol. The molecule has 1 aromatic carbocycles. The molecular weight excluding hydrogens is 517 g/mol. The summed E-state index contributed by atoms with van der Waals surface area (Å²) in [5.41, 5.74) is 0.790. The largest absolute Gasteiger partial charge is 0.416 e. The topological polar surface area (TPSA) is 128 Å². The summed E-state index contributed by atoms with van der Waals surface area (Å²) in [4.78, 5) is 50.3. The fourth-order valence-corrected chi connectivity index (χ4v) is 3.89. The maximum absolute atomic E-state index is 12.7. The number of piperidine rings is 1. The van der Waals surface area contributed by atoms with E-state index in [9.17, 15) is 32.3 Å². The highest BCUT2D eigenvalue weighted by atomic mass is 19.4. The van der Waals surface area contributed by atoms with Crippen LogP contribution in [0.4, 0.5) is 13.2 Å². The van der Waals surface area contributed by atoms with Crippen LogP contribution in [0.5, 0.6) is 0 Å². The highest BCUT2D eigenvalue weighted by Crippen LogP contribution is 2.29. The number of rotatable bonds is 9. The maximum atomic E-state index is 12.7. The molecule has 1 aromatic rings. The molecule has 0 aliphatic carbocycles. The summed E-state index contributed by atoms with van der Waals surface area (Å²) in [5, 5.41) is 14.0. The molecular formula is C27H41F3N4O5. The van der Waals surface area contributed by atoms with Gasteiger partial charge in [-0.2, -0.15) is 13.2 Å². The molecule has 12 heteroatoms. The van der Waals surface area contributed by atoms with Gasteiger partial charge in [0.15, 0.2) is 0 Å². The van der Waals surface area contributed by atoms with Crippen molar-refractivity contribution in [3.8, 4) is 0 Å². The number of hydroxylamine groups is 1. The Hall–Kier alpha value is -3.15. The van der Waals surface area contributed by atoms with Crippen LogP contribution in [-0.2, 0) is 20.6 Å². The lowest BCUT2D eigenvalue weighted by molar-refractivity contribution is -0.137. The monoisotopic (exact) mass is 558 g/mol. The van der Waals surface area contributed by atoms with Crippen LogP contribution in [0, 0.1) is 17.8 Å². The van der Waals surface area contributed by atoms with E-state index in [-0.39, 0.29) is 36.4 Å². The van der Waals surface area contributed by atoms with Gasteiger partial charge in [0.1, 0.15) is 0 Å². The molecule has 220 valence electrons. The SMILES string of the molecule is CC(C)C.CC(C)CC(CC(=O)NO)C(=O)NCC(=O)N1CCC(NC(=O)c2ccc(C(F)(F)F)cc2)CC1. The molecule has 0 saturated carbocycles. The zero-order valence-corrected chi connectivity index (χ0v) is 23.2. The summed E-state index contributed by atoms with van der Waals surface area (Å²) >= 11 is 0. The molecule has 1 fully saturated rings. The van der Waals surface area contributed by atoms with E-state index in [0.29, 0.717) is 32.4 Å². The molecule has 1 heterocycles. The first-order valence-corrected chi connectivity index (χ1v) is 13.1. The first-order valence-electron chi connectivity index (χ1n) is 13.1. The van der Waals surface area contributed by atoms with Crippen molar-refractivity contribution in [1.29, 1.82) is 0 Å². The third-order valence-corrected chi connectivity index (χ3v) is 5.75. The van der Waals surface area contributed by atoms with Crippen LogP contribution in [0.15, 0.2) is 24.3 Å². The Balaban J connectivity index is 0.00000177. The van der Waals surface area contributed by atoms with Crippen LogP contribution in [0.2, 0.25) is 0 Å². The number of nitrogens with one attached hydrogen (secondary N) is 3. The normalized spacial score (nSPS) is 14.8. The van der Waals surface area contributed by atoms with E-state index < -0.39 is 35.4 Å². The molecule has 1 saturated heterocycles. The van der Waals surface area contributed by atoms with Gasteiger partial charge >= 0.3 is 6.18 Å². The Bertz CT molecular complexity index is 941. The summed E-state index contributed by atoms with van der Waals surface area (Å²) in [5.74, 6) is -1.64. The molecule has 1 aliphatic rings. The second kappa shape index (κ2) is 16.1. The summed E-state index contributed by atoms with van der Waals surface area (Å²) in [6.07, 6.45) is -3.34. The van der Waals surface area contributed by atoms with Gasteiger partial charge in [0, 0.05) is 37.0 Å². The van der Waals surface area contributed by atoms with Gasteiger partial charge in [-0.15, -0.1) is 0 Å². The van der Waals surface area contributed by atoms with E-state index in [1.165, 1.54) is 5.48 Å². The Morgan fingerprint density at radius 2 is 1.54 bits per heavy atom. The lowest BCUT2D eigenvalue weighted by atomic mass is 9.93. The predicted molar refractivity (Wildman–Crippen MR) is 140 cm³/mol. The van der Waals surface area contributed by atoms with E-state index in [2.05, 4.69) is 31.4 Å². The Kier molecular flexibility index (Phi) is 14.0. The maximum Gasteiger partial charge on any atom is 0.416 e. The molecule has 0 spiro atoms. The molecule has 39 heavy (non-hydrogen) atoms. The summed E-state index contributed by atoms with van der Waals surface area (Å²) < 4.78 is 38.0. The molecule has 0 aromatic heterocycles. The van der Waals surface area contributed by atoms with Crippen molar-refractivity contribution in [2.75, 3.05) is 19.6 Å². The number of likely N-dealkylation sites (tertiary alicyclic amines) is 1. The summed E-state index contributed by atoms with van der Waals surface area (Å²) in [6, 6.07) is 3.71. The molecule has 1 aliphatic heterocycles. The fraction of sp³-hybridized carbons (Fsp3) is 0.630. The third kappa shape index (κ3) is 13.0. The Labute approximate surface area is 227 Å². The van der Waals surface area contributed by atoms with Gasteiger partial charge in [0.05, 0.1) is 12.1 Å².